The molecule has 0 amide bonds. The number of hydrogen-bond acceptors (Lipinski definition) is 0. The highest BCUT2D eigenvalue weighted by atomic mass is 79.9. The normalized spacial score (nSPS) is 14.6. The molecule has 0 saturated heterocycles. The van der Waals surface area contributed by atoms with E-state index in [1.807, 2.05) is 0 Å². The topological polar surface area (TPSA) is 0 Å². The van der Waals surface area contributed by atoms with Gasteiger partial charge in [-0.25, -0.2) is 0 Å². The fraction of sp³-hybridized carbons (Fsp3) is 0.400. The molecule has 0 heterocycles. The van der Waals surface area contributed by atoms with Crippen LogP contribution in [0, 0.1) is 0 Å². The Balaban J connectivity index is 2.10. The molecule has 0 fully saturated rings. The van der Waals surface area contributed by atoms with Gasteiger partial charge >= 0.3 is 0 Å². The second kappa shape index (κ2) is 7.15. The molecule has 2 aromatic carbocycles. The van der Waals surface area contributed by atoms with Crippen molar-refractivity contribution in [1.29, 1.82) is 0 Å². The van der Waals surface area contributed by atoms with Gasteiger partial charge in [0.05, 0.1) is 0 Å². The van der Waals surface area contributed by atoms with E-state index in [2.05, 4.69) is 83.0 Å². The van der Waals surface area contributed by atoms with Gasteiger partial charge < -0.3 is 0 Å². The Morgan fingerprint density at radius 3 is 1.91 bits per heavy atom. The minimum atomic E-state index is 0.173. The van der Waals surface area contributed by atoms with Crippen LogP contribution in [0.15, 0.2) is 45.3 Å². The highest BCUT2D eigenvalue weighted by molar-refractivity contribution is 9.10. The summed E-state index contributed by atoms with van der Waals surface area (Å²) in [5, 5.41) is 0. The molecular weight excluding hydrogens is 411 g/mol. The van der Waals surface area contributed by atoms with Crippen LogP contribution in [-0.2, 0) is 5.41 Å². The maximum atomic E-state index is 3.69. The Labute approximate surface area is 157 Å². The van der Waals surface area contributed by atoms with E-state index in [0.29, 0.717) is 0 Å². The zero-order valence-corrected chi connectivity index (χ0v) is 17.1. The van der Waals surface area contributed by atoms with Crippen molar-refractivity contribution in [3.8, 4) is 11.1 Å². The van der Waals surface area contributed by atoms with Gasteiger partial charge in [0, 0.05) is 14.4 Å². The van der Waals surface area contributed by atoms with E-state index in [0.717, 1.165) is 6.32 Å². The van der Waals surface area contributed by atoms with Gasteiger partial charge in [0.2, 0.25) is 0 Å². The van der Waals surface area contributed by atoms with Crippen molar-refractivity contribution in [2.24, 2.45) is 0 Å². The molecule has 0 N–H and O–H groups in total. The van der Waals surface area contributed by atoms with Gasteiger partial charge in [0.1, 0.15) is 7.85 Å². The lowest BCUT2D eigenvalue weighted by Gasteiger charge is -2.31. The van der Waals surface area contributed by atoms with Gasteiger partial charge in [0.15, 0.2) is 0 Å². The van der Waals surface area contributed by atoms with Crippen LogP contribution in [0.3, 0.4) is 0 Å². The SMILES string of the molecule is BCC1(CCCCCC)c2cc(Br)ccc2-c2ccc(Br)cc21. The van der Waals surface area contributed by atoms with Crippen LogP contribution in [0.1, 0.15) is 50.2 Å². The van der Waals surface area contributed by atoms with Crippen LogP contribution < -0.4 is 0 Å². The summed E-state index contributed by atoms with van der Waals surface area (Å²) >= 11 is 7.38. The van der Waals surface area contributed by atoms with Crippen LogP contribution in [-0.4, -0.2) is 7.85 Å². The molecule has 3 heteroatoms. The van der Waals surface area contributed by atoms with Crippen LogP contribution in [0.25, 0.3) is 11.1 Å². The lowest BCUT2D eigenvalue weighted by atomic mass is 9.66. The third kappa shape index (κ3) is 3.07. The average Bonchev–Trinajstić information content (AvgIpc) is 2.81. The van der Waals surface area contributed by atoms with Crippen LogP contribution in [0.2, 0.25) is 6.32 Å². The summed E-state index contributed by atoms with van der Waals surface area (Å²) in [7, 11) is 2.35. The molecule has 120 valence electrons. The van der Waals surface area contributed by atoms with E-state index in [1.165, 1.54) is 63.3 Å². The van der Waals surface area contributed by atoms with E-state index >= 15 is 0 Å². The molecule has 0 nitrogen and oxygen atoms in total. The van der Waals surface area contributed by atoms with E-state index < -0.39 is 0 Å². The molecule has 0 radical (unpaired) electrons. The summed E-state index contributed by atoms with van der Waals surface area (Å²) in [6.07, 6.45) is 7.69. The Morgan fingerprint density at radius 2 is 1.43 bits per heavy atom. The molecule has 0 unspecified atom stereocenters. The van der Waals surface area contributed by atoms with E-state index in [1.54, 1.807) is 0 Å². The van der Waals surface area contributed by atoms with Crippen molar-refractivity contribution in [3.63, 3.8) is 0 Å². The standard InChI is InChI=1S/C20H23BBr2/c1-2-3-4-5-10-20(13-21)18-11-14(22)6-8-16(18)17-9-7-15(23)12-19(17)20/h6-9,11-12H,2-5,10,13,21H2,1H3. The Kier molecular flexibility index (Phi) is 5.37. The van der Waals surface area contributed by atoms with Crippen LogP contribution >= 0.6 is 31.9 Å². The summed E-state index contributed by atoms with van der Waals surface area (Å²) in [4.78, 5) is 0. The van der Waals surface area contributed by atoms with E-state index in [9.17, 15) is 0 Å². The summed E-state index contributed by atoms with van der Waals surface area (Å²) in [6, 6.07) is 13.6. The third-order valence-corrected chi connectivity index (χ3v) is 6.33. The summed E-state index contributed by atoms with van der Waals surface area (Å²) in [5.74, 6) is 0. The van der Waals surface area contributed by atoms with E-state index in [4.69, 9.17) is 0 Å². The van der Waals surface area contributed by atoms with Gasteiger partial charge in [0.25, 0.3) is 0 Å². The summed E-state index contributed by atoms with van der Waals surface area (Å²) < 4.78 is 2.38. The Hall–Kier alpha value is -0.535. The highest BCUT2D eigenvalue weighted by Crippen LogP contribution is 2.54. The second-order valence-electron chi connectivity index (χ2n) is 6.63. The number of hydrogen-bond donors (Lipinski definition) is 0. The molecule has 0 atom stereocenters. The zero-order chi connectivity index (χ0) is 16.4. The predicted molar refractivity (Wildman–Crippen MR) is 110 cm³/mol. The molecule has 0 bridgehead atoms. The minimum Gasteiger partial charge on any atom is -0.0674 e. The van der Waals surface area contributed by atoms with Crippen molar-refractivity contribution >= 4 is 39.7 Å². The van der Waals surface area contributed by atoms with Crippen LogP contribution in [0.4, 0.5) is 0 Å². The first-order valence-corrected chi connectivity index (χ1v) is 10.3. The molecule has 0 spiro atoms. The van der Waals surface area contributed by atoms with Gasteiger partial charge in [-0.1, -0.05) is 82.9 Å². The summed E-state index contributed by atoms with van der Waals surface area (Å²) in [5.41, 5.74) is 6.05. The fourth-order valence-corrected chi connectivity index (χ4v) is 4.84. The van der Waals surface area contributed by atoms with Crippen LogP contribution in [0.5, 0.6) is 0 Å². The smallest absolute Gasteiger partial charge is 0.0674 e. The molecule has 0 aliphatic heterocycles. The number of fused-ring (bicyclic) bond motifs is 3. The molecule has 1 aliphatic carbocycles. The number of halogens is 2. The molecule has 3 rings (SSSR count). The van der Waals surface area contributed by atoms with Crippen molar-refractivity contribution in [2.75, 3.05) is 0 Å². The quantitative estimate of drug-likeness (QED) is 0.360. The first-order valence-electron chi connectivity index (χ1n) is 8.73. The number of rotatable bonds is 6. The van der Waals surface area contributed by atoms with E-state index in [-0.39, 0.29) is 5.41 Å². The molecule has 23 heavy (non-hydrogen) atoms. The molecule has 0 saturated carbocycles. The molecular formula is C20H23BBr2. The largest absolute Gasteiger partial charge is 0.102 e. The number of unbranched alkanes of at least 4 members (excludes halogenated alkanes) is 3. The minimum absolute atomic E-state index is 0.173. The third-order valence-electron chi connectivity index (χ3n) is 5.35. The zero-order valence-electron chi connectivity index (χ0n) is 14.0. The maximum absolute atomic E-state index is 3.69. The Bertz CT molecular complexity index is 657. The lowest BCUT2D eigenvalue weighted by Crippen LogP contribution is -2.24. The maximum Gasteiger partial charge on any atom is 0.102 e. The first kappa shape index (κ1) is 17.3. The number of benzene rings is 2. The van der Waals surface area contributed by atoms with Gasteiger partial charge in [-0.2, -0.15) is 0 Å². The second-order valence-corrected chi connectivity index (χ2v) is 8.46. The Morgan fingerprint density at radius 1 is 0.870 bits per heavy atom. The van der Waals surface area contributed by atoms with Crippen molar-refractivity contribution < 1.29 is 0 Å². The summed E-state index contributed by atoms with van der Waals surface area (Å²) in [6.45, 7) is 2.28. The highest BCUT2D eigenvalue weighted by Gasteiger charge is 2.41. The van der Waals surface area contributed by atoms with Gasteiger partial charge in [-0.15, -0.1) is 0 Å². The fourth-order valence-electron chi connectivity index (χ4n) is 4.12. The van der Waals surface area contributed by atoms with Gasteiger partial charge in [-0.3, -0.25) is 0 Å². The van der Waals surface area contributed by atoms with Crippen molar-refractivity contribution in [3.05, 3.63) is 56.5 Å². The molecule has 2 aromatic rings. The van der Waals surface area contributed by atoms with Gasteiger partial charge in [-0.05, 0) is 52.9 Å². The average molecular weight is 434 g/mol. The molecule has 0 aromatic heterocycles. The first-order chi connectivity index (χ1) is 11.1. The molecule has 1 aliphatic rings. The monoisotopic (exact) mass is 432 g/mol. The van der Waals surface area contributed by atoms with Crippen molar-refractivity contribution in [1.82, 2.24) is 0 Å². The van der Waals surface area contributed by atoms with Crippen molar-refractivity contribution in [2.45, 2.75) is 50.8 Å². The predicted octanol–water partition coefficient (Wildman–Crippen LogP) is 6.50. The lowest BCUT2D eigenvalue weighted by molar-refractivity contribution is 0.487.